The average molecular weight is 332 g/mol. The summed E-state index contributed by atoms with van der Waals surface area (Å²) in [6, 6.07) is 3.55. The summed E-state index contributed by atoms with van der Waals surface area (Å²) in [4.78, 5) is 3.03. The smallest absolute Gasteiger partial charge is 0.252 e. The number of nitrogens with zero attached hydrogens (tertiary/aromatic N) is 3. The van der Waals surface area contributed by atoms with Crippen LogP contribution < -0.4 is 5.73 Å². The summed E-state index contributed by atoms with van der Waals surface area (Å²) in [5, 5.41) is 11.5. The van der Waals surface area contributed by atoms with Crippen LogP contribution in [0, 0.1) is 0 Å². The van der Waals surface area contributed by atoms with Crippen molar-refractivity contribution in [1.82, 2.24) is 9.21 Å². The molecule has 21 heavy (non-hydrogen) atoms. The first-order valence-corrected chi connectivity index (χ1v) is 9.00. The van der Waals surface area contributed by atoms with Crippen molar-refractivity contribution in [2.45, 2.75) is 17.6 Å². The fourth-order valence-corrected chi connectivity index (χ4v) is 5.07. The molecule has 1 saturated heterocycles. The van der Waals surface area contributed by atoms with E-state index in [1.54, 1.807) is 6.07 Å². The number of aryl methyl sites for hydroxylation is 1. The molecular weight excluding hydrogens is 312 g/mol. The van der Waals surface area contributed by atoms with Crippen LogP contribution in [0.5, 0.6) is 0 Å². The van der Waals surface area contributed by atoms with Gasteiger partial charge in [0, 0.05) is 31.1 Å². The number of thiophene rings is 1. The van der Waals surface area contributed by atoms with Gasteiger partial charge < -0.3 is 10.9 Å². The van der Waals surface area contributed by atoms with Gasteiger partial charge in [-0.1, -0.05) is 12.1 Å². The number of rotatable bonds is 5. The molecular formula is C12H20N4O3S2. The molecule has 0 spiro atoms. The molecule has 0 unspecified atom stereocenters. The Hall–Kier alpha value is -1.16. The number of piperazine rings is 1. The first-order valence-electron chi connectivity index (χ1n) is 6.75. The van der Waals surface area contributed by atoms with Gasteiger partial charge in [0.25, 0.3) is 10.0 Å². The number of oxime groups is 1. The second kappa shape index (κ2) is 6.73. The third-order valence-electron chi connectivity index (χ3n) is 3.42. The fraction of sp³-hybridized carbons (Fsp3) is 0.583. The molecule has 0 aliphatic carbocycles. The van der Waals surface area contributed by atoms with E-state index in [0.717, 1.165) is 11.3 Å². The zero-order valence-electron chi connectivity index (χ0n) is 11.9. The molecule has 1 aliphatic heterocycles. The molecule has 7 nitrogen and oxygen atoms in total. The van der Waals surface area contributed by atoms with Crippen LogP contribution in [0.15, 0.2) is 21.5 Å². The predicted molar refractivity (Wildman–Crippen MR) is 82.3 cm³/mol. The highest BCUT2D eigenvalue weighted by Crippen LogP contribution is 2.25. The van der Waals surface area contributed by atoms with E-state index in [-0.39, 0.29) is 5.84 Å². The molecule has 0 saturated carbocycles. The van der Waals surface area contributed by atoms with Gasteiger partial charge in [-0.2, -0.15) is 4.31 Å². The van der Waals surface area contributed by atoms with Crippen LogP contribution >= 0.6 is 11.3 Å². The first kappa shape index (κ1) is 16.2. The molecule has 2 heterocycles. The van der Waals surface area contributed by atoms with Gasteiger partial charge in [-0.3, -0.25) is 4.90 Å². The Morgan fingerprint density at radius 2 is 2.05 bits per heavy atom. The number of amidine groups is 1. The van der Waals surface area contributed by atoms with Crippen molar-refractivity contribution in [3.63, 3.8) is 0 Å². The molecule has 1 fully saturated rings. The maximum atomic E-state index is 12.5. The van der Waals surface area contributed by atoms with Crippen molar-refractivity contribution >= 4 is 27.2 Å². The Bertz CT molecular complexity index is 604. The number of sulfonamides is 1. The van der Waals surface area contributed by atoms with E-state index in [2.05, 4.69) is 5.16 Å². The Balaban J connectivity index is 2.00. The van der Waals surface area contributed by atoms with Crippen LogP contribution in [0.25, 0.3) is 0 Å². The van der Waals surface area contributed by atoms with Crippen LogP contribution in [-0.2, 0) is 16.4 Å². The van der Waals surface area contributed by atoms with Crippen LogP contribution in [0.1, 0.15) is 11.8 Å². The highest BCUT2D eigenvalue weighted by atomic mass is 32.2. The summed E-state index contributed by atoms with van der Waals surface area (Å²) in [6.07, 6.45) is 0.841. The predicted octanol–water partition coefficient (Wildman–Crippen LogP) is 0.363. The summed E-state index contributed by atoms with van der Waals surface area (Å²) < 4.78 is 27.0. The molecule has 0 radical (unpaired) electrons. The van der Waals surface area contributed by atoms with Crippen LogP contribution in [-0.4, -0.2) is 61.4 Å². The van der Waals surface area contributed by atoms with Crippen molar-refractivity contribution in [3.05, 3.63) is 17.0 Å². The van der Waals surface area contributed by atoms with Crippen molar-refractivity contribution in [2.24, 2.45) is 10.9 Å². The number of hydrogen-bond donors (Lipinski definition) is 2. The normalized spacial score (nSPS) is 19.0. The molecule has 0 bridgehead atoms. The second-order valence-corrected chi connectivity index (χ2v) is 8.18. The van der Waals surface area contributed by atoms with Gasteiger partial charge in [0.05, 0.1) is 6.54 Å². The van der Waals surface area contributed by atoms with Gasteiger partial charge in [0.15, 0.2) is 5.84 Å². The molecule has 118 valence electrons. The van der Waals surface area contributed by atoms with Gasteiger partial charge in [-0.05, 0) is 18.6 Å². The zero-order chi connectivity index (χ0) is 15.5. The van der Waals surface area contributed by atoms with Gasteiger partial charge in [0.1, 0.15) is 4.21 Å². The lowest BCUT2D eigenvalue weighted by molar-refractivity contribution is 0.206. The summed E-state index contributed by atoms with van der Waals surface area (Å²) >= 11 is 1.33. The number of hydrogen-bond acceptors (Lipinski definition) is 6. The third kappa shape index (κ3) is 3.73. The standard InChI is InChI=1S/C12H20N4O3S2/c1-2-10-3-4-12(20-10)21(18,19)16-7-5-15(6-8-16)9-11(13)14-17/h3-4,17H,2,5-9H2,1H3,(H2,13,14). The lowest BCUT2D eigenvalue weighted by Crippen LogP contribution is -2.50. The Labute approximate surface area is 128 Å². The molecule has 9 heteroatoms. The van der Waals surface area contributed by atoms with Crippen molar-refractivity contribution in [3.8, 4) is 0 Å². The van der Waals surface area contributed by atoms with Crippen LogP contribution in [0.2, 0.25) is 0 Å². The highest BCUT2D eigenvalue weighted by molar-refractivity contribution is 7.91. The largest absolute Gasteiger partial charge is 0.409 e. The summed E-state index contributed by atoms with van der Waals surface area (Å²) in [5.74, 6) is 0.136. The minimum Gasteiger partial charge on any atom is -0.409 e. The summed E-state index contributed by atoms with van der Waals surface area (Å²) in [6.45, 7) is 4.33. The van der Waals surface area contributed by atoms with Crippen molar-refractivity contribution in [1.29, 1.82) is 0 Å². The quantitative estimate of drug-likeness (QED) is 0.351. The molecule has 1 aromatic rings. The first-order chi connectivity index (χ1) is 9.97. The maximum absolute atomic E-state index is 12.5. The van der Waals surface area contributed by atoms with Gasteiger partial charge in [-0.15, -0.1) is 11.3 Å². The summed E-state index contributed by atoms with van der Waals surface area (Å²) in [5.41, 5.74) is 5.46. The van der Waals surface area contributed by atoms with E-state index in [0.29, 0.717) is 36.9 Å². The van der Waals surface area contributed by atoms with E-state index in [1.165, 1.54) is 15.6 Å². The van der Waals surface area contributed by atoms with E-state index in [4.69, 9.17) is 10.9 Å². The molecule has 0 atom stereocenters. The molecule has 1 aromatic heterocycles. The maximum Gasteiger partial charge on any atom is 0.252 e. The lowest BCUT2D eigenvalue weighted by atomic mass is 10.3. The van der Waals surface area contributed by atoms with E-state index < -0.39 is 10.0 Å². The van der Waals surface area contributed by atoms with Gasteiger partial charge in [-0.25, -0.2) is 8.42 Å². The Kier molecular flexibility index (Phi) is 5.20. The van der Waals surface area contributed by atoms with E-state index >= 15 is 0 Å². The molecule has 0 amide bonds. The van der Waals surface area contributed by atoms with E-state index in [1.807, 2.05) is 17.9 Å². The highest BCUT2D eigenvalue weighted by Gasteiger charge is 2.29. The van der Waals surface area contributed by atoms with Crippen LogP contribution in [0.4, 0.5) is 0 Å². The molecule has 1 aliphatic rings. The van der Waals surface area contributed by atoms with Gasteiger partial charge >= 0.3 is 0 Å². The Morgan fingerprint density at radius 1 is 1.38 bits per heavy atom. The van der Waals surface area contributed by atoms with Gasteiger partial charge in [0.2, 0.25) is 0 Å². The second-order valence-electron chi connectivity index (χ2n) is 4.85. The van der Waals surface area contributed by atoms with Crippen molar-refractivity contribution in [2.75, 3.05) is 32.7 Å². The number of nitrogens with two attached hydrogens (primary N) is 1. The Morgan fingerprint density at radius 3 is 2.57 bits per heavy atom. The van der Waals surface area contributed by atoms with Crippen molar-refractivity contribution < 1.29 is 13.6 Å². The topological polar surface area (TPSA) is 99.2 Å². The molecule has 0 aromatic carbocycles. The molecule has 2 rings (SSSR count). The third-order valence-corrected chi connectivity index (χ3v) is 7.02. The van der Waals surface area contributed by atoms with Crippen LogP contribution in [0.3, 0.4) is 0 Å². The van der Waals surface area contributed by atoms with E-state index in [9.17, 15) is 8.42 Å². The monoisotopic (exact) mass is 332 g/mol. The average Bonchev–Trinajstić information content (AvgIpc) is 2.97. The lowest BCUT2D eigenvalue weighted by Gasteiger charge is -2.33. The zero-order valence-corrected chi connectivity index (χ0v) is 13.5. The fourth-order valence-electron chi connectivity index (χ4n) is 2.20. The SMILES string of the molecule is CCc1ccc(S(=O)(=O)N2CCN(CC(N)=NO)CC2)s1. The minimum absolute atomic E-state index is 0.136. The summed E-state index contributed by atoms with van der Waals surface area (Å²) in [7, 11) is -3.39. The molecule has 3 N–H and O–H groups in total. The minimum atomic E-state index is -3.39.